The average Bonchev–Trinajstić information content (AvgIpc) is 2.86. The van der Waals surface area contributed by atoms with E-state index in [-0.39, 0.29) is 158 Å². The van der Waals surface area contributed by atoms with E-state index in [4.69, 9.17) is 15.2 Å². The minimum absolute atomic E-state index is 0. The number of nitroso groups, excluding NO2 is 1. The van der Waals surface area contributed by atoms with Gasteiger partial charge in [-0.15, -0.1) is 4.91 Å². The van der Waals surface area contributed by atoms with Gasteiger partial charge < -0.3 is 26.4 Å². The first-order chi connectivity index (χ1) is 18.3. The van der Waals surface area contributed by atoms with E-state index in [1.807, 2.05) is 0 Å². The van der Waals surface area contributed by atoms with Crippen LogP contribution in [0.4, 0.5) is 0 Å². The van der Waals surface area contributed by atoms with Gasteiger partial charge in [-0.3, -0.25) is 37.1 Å². The fourth-order valence-electron chi connectivity index (χ4n) is 1.39. The summed E-state index contributed by atoms with van der Waals surface area (Å²) in [5.41, 5.74) is -0.708. The summed E-state index contributed by atoms with van der Waals surface area (Å²) < 4.78 is 27.5. The molecule has 0 spiro atoms. The van der Waals surface area contributed by atoms with Gasteiger partial charge in [-0.2, -0.15) is 8.42 Å². The maximum Gasteiger partial charge on any atom is 1.00 e. The monoisotopic (exact) mass is 697 g/mol. The molecule has 43 heavy (non-hydrogen) atoms. The molecule has 0 saturated carbocycles. The first kappa shape index (κ1) is 61.1. The summed E-state index contributed by atoms with van der Waals surface area (Å²) >= 11 is 0. The molecule has 0 aliphatic rings. The van der Waals surface area contributed by atoms with Crippen LogP contribution in [0.2, 0.25) is 0 Å². The Morgan fingerprint density at radius 2 is 0.977 bits per heavy atom. The zero-order valence-electron chi connectivity index (χ0n) is 26.4. The second-order valence-electron chi connectivity index (χ2n) is 5.99. The summed E-state index contributed by atoms with van der Waals surface area (Å²) in [5.74, 6) is -2.38. The number of carbonyl (C=O) groups excluding carboxylic acids is 6. The Morgan fingerprint density at radius 3 is 1.00 bits per heavy atom. The van der Waals surface area contributed by atoms with Gasteiger partial charge in [-0.25, -0.2) is 0 Å². The molecule has 0 unspecified atom stereocenters. The van der Waals surface area contributed by atoms with Crippen LogP contribution in [0.15, 0.2) is 26.9 Å². The Morgan fingerprint density at radius 1 is 0.721 bits per heavy atom. The van der Waals surface area contributed by atoms with Crippen LogP contribution in [-0.2, 0) is 62.1 Å². The Hall–Kier alpha value is -0.997. The molecule has 0 aliphatic heterocycles. The minimum Gasteiger partial charge on any atom is -1.00 e. The molecular weight excluding hydrogens is 660 g/mol. The SMILES string of the molecule is C.CC(=O)C(N=O)=C(C)O.CON=C(C(C)=O)C(C)=O.CON=C(C(C)=O)C(C)=O.COS(=O)(=O)OC.O=CO[O-].[H-].[K+].[K+]. The number of nitrogens with zero attached hydrogens (tertiary/aromatic N) is 3. The Balaban J connectivity index is -0.0000000498. The van der Waals surface area contributed by atoms with Crippen molar-refractivity contribution in [3.63, 3.8) is 0 Å². The van der Waals surface area contributed by atoms with Crippen molar-refractivity contribution < 1.29 is 175 Å². The van der Waals surface area contributed by atoms with E-state index < -0.39 is 21.9 Å². The molecule has 0 aliphatic carbocycles. The van der Waals surface area contributed by atoms with E-state index in [0.29, 0.717) is 0 Å². The van der Waals surface area contributed by atoms with Gasteiger partial charge in [0.15, 0.2) is 46.0 Å². The van der Waals surface area contributed by atoms with Crippen LogP contribution < -0.4 is 108 Å². The third-order valence-corrected chi connectivity index (χ3v) is 3.73. The number of aliphatic hydroxyl groups is 1. The van der Waals surface area contributed by atoms with Crippen molar-refractivity contribution >= 4 is 57.2 Å². The molecule has 0 heterocycles. The summed E-state index contributed by atoms with van der Waals surface area (Å²) in [6, 6.07) is 0. The smallest absolute Gasteiger partial charge is 1.00 e. The Kier molecular flexibility index (Phi) is 55.4. The minimum atomic E-state index is -3.66. The van der Waals surface area contributed by atoms with Crippen molar-refractivity contribution in [3.8, 4) is 0 Å². The second-order valence-corrected chi connectivity index (χ2v) is 7.47. The molecule has 0 radical (unpaired) electrons. The fourth-order valence-corrected chi connectivity index (χ4v) is 1.52. The third-order valence-electron chi connectivity index (χ3n) is 2.91. The summed E-state index contributed by atoms with van der Waals surface area (Å²) in [7, 11) is 0.963. The topological polar surface area (TPSA) is 280 Å². The molecule has 19 nitrogen and oxygen atoms in total. The van der Waals surface area contributed by atoms with E-state index in [9.17, 15) is 37.3 Å². The van der Waals surface area contributed by atoms with Crippen molar-refractivity contribution in [1.82, 2.24) is 0 Å². The van der Waals surface area contributed by atoms with Gasteiger partial charge in [0.05, 0.1) is 14.2 Å². The number of carbonyl (C=O) groups is 6. The maximum atomic E-state index is 10.5. The molecular formula is C21H37K2N3O16S. The summed E-state index contributed by atoms with van der Waals surface area (Å²) in [6.07, 6.45) is 0. The van der Waals surface area contributed by atoms with Gasteiger partial charge in [-0.1, -0.05) is 17.7 Å². The zero-order valence-corrected chi connectivity index (χ0v) is 32.5. The number of allylic oxidation sites excluding steroid dienone is 2. The van der Waals surface area contributed by atoms with Gasteiger partial charge in [-0.05, 0) is 12.1 Å². The van der Waals surface area contributed by atoms with E-state index in [1.54, 1.807) is 0 Å². The van der Waals surface area contributed by atoms with Crippen molar-refractivity contribution in [2.45, 2.75) is 49.0 Å². The van der Waals surface area contributed by atoms with Gasteiger partial charge in [0, 0.05) is 34.6 Å². The van der Waals surface area contributed by atoms with E-state index >= 15 is 0 Å². The molecule has 0 aromatic heterocycles. The van der Waals surface area contributed by atoms with Crippen LogP contribution in [0.3, 0.4) is 0 Å². The largest absolute Gasteiger partial charge is 1.00 e. The number of rotatable bonds is 11. The molecule has 0 rings (SSSR count). The van der Waals surface area contributed by atoms with Gasteiger partial charge >= 0.3 is 113 Å². The van der Waals surface area contributed by atoms with Gasteiger partial charge in [0.2, 0.25) is 0 Å². The molecule has 22 heteroatoms. The first-order valence-electron chi connectivity index (χ1n) is 9.90. The number of hydrogen-bond acceptors (Lipinski definition) is 19. The van der Waals surface area contributed by atoms with E-state index in [1.165, 1.54) is 48.8 Å². The molecule has 0 saturated heterocycles. The molecule has 0 atom stereocenters. The summed E-state index contributed by atoms with van der Waals surface area (Å²) in [5, 5.41) is 25.8. The predicted molar refractivity (Wildman–Crippen MR) is 141 cm³/mol. The van der Waals surface area contributed by atoms with Crippen molar-refractivity contribution in [2.75, 3.05) is 28.4 Å². The standard InChI is InChI=1S/2C6H9NO3.C5H7NO3.C2H6O4S.CH2O3.CH4.2K.H/c2*1-4(8)6(5(2)9)7-10-3;1-3(7)5(6-9)4(2)8;1-5-7(3,4)6-2;2-1-4-3;;;;/h2*1-3H3;7H,1-2H3;1-2H3;1,3H;1H4;;;/q;;;;;;2*+1;-1/p-1. The molecule has 240 valence electrons. The molecule has 0 bridgehead atoms. The molecule has 1 N–H and O–H groups in total. The molecule has 0 aromatic carbocycles. The van der Waals surface area contributed by atoms with Crippen molar-refractivity contribution in [3.05, 3.63) is 16.4 Å². The first-order valence-corrected chi connectivity index (χ1v) is 11.2. The number of oxime groups is 2. The Bertz CT molecular complexity index is 977. The number of hydrogen-bond donors (Lipinski definition) is 1. The number of aliphatic hydroxyl groups excluding tert-OH is 1. The predicted octanol–water partition coefficient (Wildman–Crippen LogP) is -5.82. The van der Waals surface area contributed by atoms with Crippen LogP contribution >= 0.6 is 0 Å². The van der Waals surface area contributed by atoms with Crippen LogP contribution in [0, 0.1) is 4.91 Å². The van der Waals surface area contributed by atoms with Crippen LogP contribution in [0.1, 0.15) is 50.4 Å². The fraction of sp³-hybridized carbons (Fsp3) is 0.524. The van der Waals surface area contributed by atoms with Crippen LogP contribution in [-0.4, -0.2) is 88.8 Å². The van der Waals surface area contributed by atoms with Crippen LogP contribution in [0.25, 0.3) is 0 Å². The quantitative estimate of drug-likeness (QED) is 0.0242. The molecule has 0 fully saturated rings. The third kappa shape index (κ3) is 43.2. The van der Waals surface area contributed by atoms with Gasteiger partial charge in [0.1, 0.15) is 20.0 Å². The van der Waals surface area contributed by atoms with E-state index in [2.05, 4.69) is 38.4 Å². The number of Topliss-reactive ketones (excluding diaryl/α,β-unsaturated/α-hetero) is 5. The zero-order chi connectivity index (χ0) is 33.1. The van der Waals surface area contributed by atoms with Crippen molar-refractivity contribution in [1.29, 1.82) is 0 Å². The summed E-state index contributed by atoms with van der Waals surface area (Å²) in [4.78, 5) is 82.0. The summed E-state index contributed by atoms with van der Waals surface area (Å²) in [6.45, 7) is 7.27. The molecule has 0 aromatic rings. The molecule has 0 amide bonds. The Labute approximate surface area is 336 Å². The van der Waals surface area contributed by atoms with Crippen molar-refractivity contribution in [2.24, 2.45) is 15.5 Å². The van der Waals surface area contributed by atoms with Gasteiger partial charge in [0.25, 0.3) is 6.47 Å². The maximum absolute atomic E-state index is 10.5. The normalized spacial score (nSPS) is 8.81. The second kappa shape index (κ2) is 39.0. The van der Waals surface area contributed by atoms with Crippen LogP contribution in [0.5, 0.6) is 0 Å². The van der Waals surface area contributed by atoms with E-state index in [0.717, 1.165) is 21.1 Å². The average molecular weight is 698 g/mol. The number of ketones is 5.